The van der Waals surface area contributed by atoms with Crippen molar-refractivity contribution < 1.29 is 22.7 Å². The van der Waals surface area contributed by atoms with Crippen LogP contribution < -0.4 is 4.74 Å². The van der Waals surface area contributed by atoms with E-state index in [2.05, 4.69) is 0 Å². The third-order valence-corrected chi connectivity index (χ3v) is 4.00. The predicted molar refractivity (Wildman–Crippen MR) is 82.4 cm³/mol. The molecule has 7 heteroatoms. The molecule has 3 rings (SSSR count). The predicted octanol–water partition coefficient (Wildman–Crippen LogP) is 3.58. The Hall–Kier alpha value is -3.01. The highest BCUT2D eigenvalue weighted by Gasteiger charge is 2.46. The van der Waals surface area contributed by atoms with E-state index in [-0.39, 0.29) is 13.2 Å². The highest BCUT2D eigenvalue weighted by Crippen LogP contribution is 2.34. The Morgan fingerprint density at radius 3 is 2.56 bits per heavy atom. The van der Waals surface area contributed by atoms with Crippen molar-refractivity contribution in [3.63, 3.8) is 0 Å². The summed E-state index contributed by atoms with van der Waals surface area (Å²) in [7, 11) is 0. The topological polar surface area (TPSA) is 53.3 Å². The second-order valence-electron chi connectivity index (χ2n) is 5.60. The number of carbonyl (C=O) groups is 1. The summed E-state index contributed by atoms with van der Waals surface area (Å²) in [5.41, 5.74) is 1.31. The number of rotatable bonds is 1. The lowest BCUT2D eigenvalue weighted by Gasteiger charge is -2.30. The number of hydrogen-bond acceptors (Lipinski definition) is 3. The monoisotopic (exact) mass is 346 g/mol. The van der Waals surface area contributed by atoms with E-state index in [9.17, 15) is 18.0 Å². The van der Waals surface area contributed by atoms with Gasteiger partial charge in [-0.15, -0.1) is 0 Å². The molecule has 1 aliphatic heterocycles. The molecule has 25 heavy (non-hydrogen) atoms. The second kappa shape index (κ2) is 6.48. The van der Waals surface area contributed by atoms with Gasteiger partial charge in [-0.1, -0.05) is 36.4 Å². The second-order valence-corrected chi connectivity index (χ2v) is 5.60. The van der Waals surface area contributed by atoms with E-state index in [1.165, 1.54) is 18.2 Å². The van der Waals surface area contributed by atoms with Crippen LogP contribution in [-0.4, -0.2) is 23.6 Å². The zero-order valence-corrected chi connectivity index (χ0v) is 13.0. The minimum Gasteiger partial charge on any atom is -0.491 e. The molecule has 1 atom stereocenters. The standard InChI is InChI=1S/C18H13F3N2O2/c19-18(20,21)17(24)23-10-14-7-6-12(9-22)8-16(14)25-11-15(23)13-4-2-1-3-5-13/h1-8,15H,10-11H2. The lowest BCUT2D eigenvalue weighted by Crippen LogP contribution is -2.43. The van der Waals surface area contributed by atoms with Crippen LogP contribution in [0.1, 0.15) is 22.7 Å². The van der Waals surface area contributed by atoms with Gasteiger partial charge in [0.2, 0.25) is 0 Å². The maximum absolute atomic E-state index is 13.1. The molecule has 1 amide bonds. The van der Waals surface area contributed by atoms with Crippen molar-refractivity contribution >= 4 is 5.91 Å². The third kappa shape index (κ3) is 3.43. The molecular formula is C18H13F3N2O2. The minimum absolute atomic E-state index is 0.131. The van der Waals surface area contributed by atoms with Gasteiger partial charge in [-0.2, -0.15) is 18.4 Å². The third-order valence-electron chi connectivity index (χ3n) is 4.00. The average molecular weight is 346 g/mol. The molecule has 0 radical (unpaired) electrons. The minimum atomic E-state index is -4.98. The zero-order valence-electron chi connectivity index (χ0n) is 13.0. The molecule has 0 saturated carbocycles. The summed E-state index contributed by atoms with van der Waals surface area (Å²) in [5.74, 6) is -1.60. The smallest absolute Gasteiger partial charge is 0.471 e. The maximum atomic E-state index is 13.1. The number of amides is 1. The first kappa shape index (κ1) is 16.8. The molecule has 1 aliphatic rings. The van der Waals surface area contributed by atoms with E-state index in [1.54, 1.807) is 30.3 Å². The summed E-state index contributed by atoms with van der Waals surface area (Å²) >= 11 is 0. The summed E-state index contributed by atoms with van der Waals surface area (Å²) < 4.78 is 44.9. The molecule has 128 valence electrons. The number of benzene rings is 2. The lowest BCUT2D eigenvalue weighted by molar-refractivity contribution is -0.189. The van der Waals surface area contributed by atoms with E-state index in [4.69, 9.17) is 10.00 Å². The Kier molecular flexibility index (Phi) is 4.36. The number of halogens is 3. The molecular weight excluding hydrogens is 333 g/mol. The summed E-state index contributed by atoms with van der Waals surface area (Å²) in [6, 6.07) is 14.0. The van der Waals surface area contributed by atoms with Crippen molar-refractivity contribution in [2.75, 3.05) is 6.61 Å². The van der Waals surface area contributed by atoms with Gasteiger partial charge in [0, 0.05) is 5.56 Å². The number of alkyl halides is 3. The van der Waals surface area contributed by atoms with Crippen molar-refractivity contribution in [3.05, 3.63) is 65.2 Å². The SMILES string of the molecule is N#Cc1ccc2c(c1)OCC(c1ccccc1)N(C(=O)C(F)(F)F)C2. The number of fused-ring (bicyclic) bond motifs is 1. The van der Waals surface area contributed by atoms with Crippen LogP contribution in [-0.2, 0) is 11.3 Å². The van der Waals surface area contributed by atoms with Crippen LogP contribution >= 0.6 is 0 Å². The van der Waals surface area contributed by atoms with Gasteiger partial charge < -0.3 is 9.64 Å². The summed E-state index contributed by atoms with van der Waals surface area (Å²) in [4.78, 5) is 12.8. The molecule has 0 bridgehead atoms. The van der Waals surface area contributed by atoms with Gasteiger partial charge in [0.15, 0.2) is 0 Å². The number of carbonyl (C=O) groups excluding carboxylic acids is 1. The number of ether oxygens (including phenoxy) is 1. The first-order valence-electron chi connectivity index (χ1n) is 7.48. The van der Waals surface area contributed by atoms with Crippen LogP contribution in [0.3, 0.4) is 0 Å². The Bertz CT molecular complexity index is 828. The van der Waals surface area contributed by atoms with Crippen LogP contribution in [0.4, 0.5) is 13.2 Å². The summed E-state index contributed by atoms with van der Waals surface area (Å²) in [6.07, 6.45) is -4.98. The van der Waals surface area contributed by atoms with Crippen molar-refractivity contribution in [3.8, 4) is 11.8 Å². The zero-order chi connectivity index (χ0) is 18.0. The molecule has 0 fully saturated rings. The van der Waals surface area contributed by atoms with Gasteiger partial charge in [0.1, 0.15) is 12.4 Å². The largest absolute Gasteiger partial charge is 0.491 e. The van der Waals surface area contributed by atoms with Gasteiger partial charge in [-0.05, 0) is 17.7 Å². The van der Waals surface area contributed by atoms with Crippen molar-refractivity contribution in [1.29, 1.82) is 5.26 Å². The van der Waals surface area contributed by atoms with Gasteiger partial charge >= 0.3 is 12.1 Å². The molecule has 1 unspecified atom stereocenters. The number of hydrogen-bond donors (Lipinski definition) is 0. The van der Waals surface area contributed by atoms with Crippen molar-refractivity contribution in [2.45, 2.75) is 18.8 Å². The van der Waals surface area contributed by atoms with E-state index < -0.39 is 18.1 Å². The van der Waals surface area contributed by atoms with E-state index in [1.807, 2.05) is 6.07 Å². The van der Waals surface area contributed by atoms with Crippen LogP contribution in [0.5, 0.6) is 5.75 Å². The van der Waals surface area contributed by atoms with Crippen molar-refractivity contribution in [2.24, 2.45) is 0 Å². The van der Waals surface area contributed by atoms with Crippen molar-refractivity contribution in [1.82, 2.24) is 4.90 Å². The lowest BCUT2D eigenvalue weighted by atomic mass is 10.0. The van der Waals surface area contributed by atoms with Crippen LogP contribution in [0.15, 0.2) is 48.5 Å². The van der Waals surface area contributed by atoms with E-state index in [0.29, 0.717) is 22.4 Å². The molecule has 0 aromatic heterocycles. The van der Waals surface area contributed by atoms with Crippen LogP contribution in [0.25, 0.3) is 0 Å². The highest BCUT2D eigenvalue weighted by atomic mass is 19.4. The Labute approximate surface area is 142 Å². The van der Waals surface area contributed by atoms with Gasteiger partial charge in [0.05, 0.1) is 24.2 Å². The molecule has 0 spiro atoms. The van der Waals surface area contributed by atoms with Crippen LogP contribution in [0, 0.1) is 11.3 Å². The Morgan fingerprint density at radius 2 is 1.92 bits per heavy atom. The van der Waals surface area contributed by atoms with E-state index >= 15 is 0 Å². The molecule has 4 nitrogen and oxygen atoms in total. The Balaban J connectivity index is 2.04. The van der Waals surface area contributed by atoms with E-state index in [0.717, 1.165) is 4.90 Å². The molecule has 2 aromatic rings. The normalized spacial score (nSPS) is 17.0. The molecule has 1 heterocycles. The average Bonchev–Trinajstić information content (AvgIpc) is 2.79. The fourth-order valence-electron chi connectivity index (χ4n) is 2.77. The Morgan fingerprint density at radius 1 is 1.20 bits per heavy atom. The van der Waals surface area contributed by atoms with Gasteiger partial charge in [-0.3, -0.25) is 4.79 Å². The first-order chi connectivity index (χ1) is 11.9. The fourth-order valence-corrected chi connectivity index (χ4v) is 2.77. The molecule has 0 N–H and O–H groups in total. The number of nitrogens with zero attached hydrogens (tertiary/aromatic N) is 2. The highest BCUT2D eigenvalue weighted by molar-refractivity contribution is 5.82. The fraction of sp³-hybridized carbons (Fsp3) is 0.222. The number of nitriles is 1. The first-order valence-corrected chi connectivity index (χ1v) is 7.48. The summed E-state index contributed by atoms with van der Waals surface area (Å²) in [5, 5.41) is 8.97. The molecule has 0 saturated heterocycles. The van der Waals surface area contributed by atoms with Crippen LogP contribution in [0.2, 0.25) is 0 Å². The molecule has 2 aromatic carbocycles. The van der Waals surface area contributed by atoms with Gasteiger partial charge in [-0.25, -0.2) is 0 Å². The summed E-state index contributed by atoms with van der Waals surface area (Å²) in [6.45, 7) is -0.382. The maximum Gasteiger partial charge on any atom is 0.471 e. The van der Waals surface area contributed by atoms with Gasteiger partial charge in [0.25, 0.3) is 0 Å². The quantitative estimate of drug-likeness (QED) is 0.793. The molecule has 0 aliphatic carbocycles.